The molecule has 0 spiro atoms. The third-order valence-electron chi connectivity index (χ3n) is 2.43. The molecule has 0 saturated heterocycles. The van der Waals surface area contributed by atoms with Crippen LogP contribution in [0.1, 0.15) is 26.5 Å². The molecule has 0 aliphatic heterocycles. The Morgan fingerprint density at radius 2 is 2.14 bits per heavy atom. The standard InChI is InChI=1S/C14H19N5O2/c1-14(2,3)21-13(20)18-12-5-4-10(8-16-12)15-9-11-6-7-17-19-11/h4-8,15H,9H2,1-3H3,(H,17,19)(H,16,18,20). The number of aromatic amines is 1. The molecule has 0 aliphatic carbocycles. The lowest BCUT2D eigenvalue weighted by Gasteiger charge is -2.19. The smallest absolute Gasteiger partial charge is 0.413 e. The quantitative estimate of drug-likeness (QED) is 0.805. The van der Waals surface area contributed by atoms with Gasteiger partial charge in [-0.05, 0) is 39.0 Å². The molecule has 7 nitrogen and oxygen atoms in total. The van der Waals surface area contributed by atoms with Crippen molar-refractivity contribution in [2.45, 2.75) is 32.9 Å². The van der Waals surface area contributed by atoms with Gasteiger partial charge in [-0.1, -0.05) is 0 Å². The molecule has 1 amide bonds. The molecule has 7 heteroatoms. The highest BCUT2D eigenvalue weighted by Gasteiger charge is 2.16. The van der Waals surface area contributed by atoms with E-state index in [9.17, 15) is 4.79 Å². The van der Waals surface area contributed by atoms with Crippen molar-refractivity contribution in [3.8, 4) is 0 Å². The minimum atomic E-state index is -0.532. The van der Waals surface area contributed by atoms with Gasteiger partial charge in [0.2, 0.25) is 0 Å². The Morgan fingerprint density at radius 3 is 2.71 bits per heavy atom. The van der Waals surface area contributed by atoms with Crippen molar-refractivity contribution in [3.05, 3.63) is 36.3 Å². The highest BCUT2D eigenvalue weighted by molar-refractivity contribution is 5.83. The van der Waals surface area contributed by atoms with Gasteiger partial charge in [0.1, 0.15) is 11.4 Å². The van der Waals surface area contributed by atoms with Gasteiger partial charge in [0.15, 0.2) is 0 Å². The summed E-state index contributed by atoms with van der Waals surface area (Å²) in [6.45, 7) is 6.05. The second-order valence-electron chi connectivity index (χ2n) is 5.49. The molecule has 21 heavy (non-hydrogen) atoms. The van der Waals surface area contributed by atoms with Gasteiger partial charge in [0.05, 0.1) is 24.1 Å². The number of H-pyrrole nitrogens is 1. The van der Waals surface area contributed by atoms with Gasteiger partial charge in [0, 0.05) is 6.20 Å². The van der Waals surface area contributed by atoms with E-state index in [-0.39, 0.29) is 0 Å². The first kappa shape index (κ1) is 14.8. The average molecular weight is 289 g/mol. The molecular formula is C14H19N5O2. The summed E-state index contributed by atoms with van der Waals surface area (Å²) < 4.78 is 5.15. The fourth-order valence-electron chi connectivity index (χ4n) is 1.56. The summed E-state index contributed by atoms with van der Waals surface area (Å²) in [7, 11) is 0. The number of hydrogen-bond donors (Lipinski definition) is 3. The van der Waals surface area contributed by atoms with Crippen LogP contribution < -0.4 is 10.6 Å². The van der Waals surface area contributed by atoms with Crippen LogP contribution in [0.5, 0.6) is 0 Å². The van der Waals surface area contributed by atoms with E-state index in [2.05, 4.69) is 25.8 Å². The van der Waals surface area contributed by atoms with Crippen molar-refractivity contribution in [2.75, 3.05) is 10.6 Å². The molecule has 2 rings (SSSR count). The molecule has 0 saturated carbocycles. The molecule has 112 valence electrons. The molecule has 0 unspecified atom stereocenters. The number of amides is 1. The Balaban J connectivity index is 1.85. The highest BCUT2D eigenvalue weighted by atomic mass is 16.6. The molecule has 0 radical (unpaired) electrons. The number of rotatable bonds is 4. The van der Waals surface area contributed by atoms with Gasteiger partial charge in [-0.2, -0.15) is 5.10 Å². The lowest BCUT2D eigenvalue weighted by atomic mass is 10.2. The maximum absolute atomic E-state index is 11.6. The Hall–Kier alpha value is -2.57. The maximum atomic E-state index is 11.6. The third-order valence-corrected chi connectivity index (χ3v) is 2.43. The fourth-order valence-corrected chi connectivity index (χ4v) is 1.56. The van der Waals surface area contributed by atoms with E-state index >= 15 is 0 Å². The van der Waals surface area contributed by atoms with Crippen molar-refractivity contribution in [2.24, 2.45) is 0 Å². The molecule has 0 aromatic carbocycles. The normalized spacial score (nSPS) is 11.0. The Morgan fingerprint density at radius 1 is 1.33 bits per heavy atom. The van der Waals surface area contributed by atoms with Crippen LogP contribution in [-0.2, 0) is 11.3 Å². The number of ether oxygens (including phenoxy) is 1. The molecule has 0 fully saturated rings. The van der Waals surface area contributed by atoms with Crippen LogP contribution in [0, 0.1) is 0 Å². The van der Waals surface area contributed by atoms with E-state index in [0.29, 0.717) is 12.4 Å². The first-order valence-electron chi connectivity index (χ1n) is 6.60. The predicted molar refractivity (Wildman–Crippen MR) is 80.0 cm³/mol. The molecule has 3 N–H and O–H groups in total. The third kappa shape index (κ3) is 5.13. The van der Waals surface area contributed by atoms with Crippen molar-refractivity contribution in [1.82, 2.24) is 15.2 Å². The van der Waals surface area contributed by atoms with Crippen LogP contribution in [0.15, 0.2) is 30.6 Å². The number of nitrogens with zero attached hydrogens (tertiary/aromatic N) is 2. The van der Waals surface area contributed by atoms with E-state index in [1.807, 2.05) is 32.9 Å². The van der Waals surface area contributed by atoms with Gasteiger partial charge < -0.3 is 10.1 Å². The van der Waals surface area contributed by atoms with Crippen LogP contribution in [-0.4, -0.2) is 26.9 Å². The minimum Gasteiger partial charge on any atom is -0.444 e. The Kier molecular flexibility index (Phi) is 4.42. The molecule has 2 aromatic heterocycles. The molecular weight excluding hydrogens is 270 g/mol. The van der Waals surface area contributed by atoms with Crippen molar-refractivity contribution in [3.63, 3.8) is 0 Å². The number of hydrogen-bond acceptors (Lipinski definition) is 5. The lowest BCUT2D eigenvalue weighted by molar-refractivity contribution is 0.0635. The van der Waals surface area contributed by atoms with Crippen molar-refractivity contribution < 1.29 is 9.53 Å². The second kappa shape index (κ2) is 6.25. The Bertz CT molecular complexity index is 572. The highest BCUT2D eigenvalue weighted by Crippen LogP contribution is 2.13. The van der Waals surface area contributed by atoms with Gasteiger partial charge in [-0.3, -0.25) is 10.4 Å². The number of aromatic nitrogens is 3. The maximum Gasteiger partial charge on any atom is 0.413 e. The SMILES string of the molecule is CC(C)(C)OC(=O)Nc1ccc(NCc2ccn[nH]2)cn1. The van der Waals surface area contributed by atoms with Gasteiger partial charge in [-0.15, -0.1) is 0 Å². The molecule has 0 atom stereocenters. The summed E-state index contributed by atoms with van der Waals surface area (Å²) in [4.78, 5) is 15.7. The zero-order valence-electron chi connectivity index (χ0n) is 12.3. The number of pyridine rings is 1. The van der Waals surface area contributed by atoms with Crippen LogP contribution in [0.3, 0.4) is 0 Å². The monoisotopic (exact) mass is 289 g/mol. The van der Waals surface area contributed by atoms with Gasteiger partial charge in [0.25, 0.3) is 0 Å². The van der Waals surface area contributed by atoms with Crippen LogP contribution >= 0.6 is 0 Å². The fraction of sp³-hybridized carbons (Fsp3) is 0.357. The predicted octanol–water partition coefficient (Wildman–Crippen LogP) is 2.76. The lowest BCUT2D eigenvalue weighted by Crippen LogP contribution is -2.27. The van der Waals surface area contributed by atoms with Gasteiger partial charge >= 0.3 is 6.09 Å². The first-order chi connectivity index (χ1) is 9.92. The topological polar surface area (TPSA) is 91.9 Å². The largest absolute Gasteiger partial charge is 0.444 e. The number of carbonyl (C=O) groups excluding carboxylic acids is 1. The van der Waals surface area contributed by atoms with E-state index in [1.165, 1.54) is 0 Å². The van der Waals surface area contributed by atoms with Crippen LogP contribution in [0.2, 0.25) is 0 Å². The molecule has 2 heterocycles. The van der Waals surface area contributed by atoms with Crippen molar-refractivity contribution in [1.29, 1.82) is 0 Å². The minimum absolute atomic E-state index is 0.441. The number of anilines is 2. The first-order valence-corrected chi connectivity index (χ1v) is 6.60. The summed E-state index contributed by atoms with van der Waals surface area (Å²) in [5, 5.41) is 12.5. The second-order valence-corrected chi connectivity index (χ2v) is 5.49. The van der Waals surface area contributed by atoms with Gasteiger partial charge in [-0.25, -0.2) is 9.78 Å². The summed E-state index contributed by atoms with van der Waals surface area (Å²) in [6, 6.07) is 5.42. The molecule has 0 bridgehead atoms. The summed E-state index contributed by atoms with van der Waals surface area (Å²) in [6.07, 6.45) is 2.82. The van der Waals surface area contributed by atoms with E-state index in [1.54, 1.807) is 18.5 Å². The Labute approximate surface area is 123 Å². The number of carbonyl (C=O) groups is 1. The summed E-state index contributed by atoms with van der Waals surface area (Å²) >= 11 is 0. The van der Waals surface area contributed by atoms with E-state index in [0.717, 1.165) is 11.4 Å². The zero-order valence-corrected chi connectivity index (χ0v) is 12.3. The van der Waals surface area contributed by atoms with E-state index < -0.39 is 11.7 Å². The molecule has 0 aliphatic rings. The zero-order chi connectivity index (χ0) is 15.3. The van der Waals surface area contributed by atoms with Crippen molar-refractivity contribution >= 4 is 17.6 Å². The summed E-state index contributed by atoms with van der Waals surface area (Å²) in [5.41, 5.74) is 1.29. The van der Waals surface area contributed by atoms with Crippen LogP contribution in [0.4, 0.5) is 16.3 Å². The van der Waals surface area contributed by atoms with Crippen LogP contribution in [0.25, 0.3) is 0 Å². The average Bonchev–Trinajstić information content (AvgIpc) is 2.89. The number of nitrogens with one attached hydrogen (secondary N) is 3. The van der Waals surface area contributed by atoms with E-state index in [4.69, 9.17) is 4.74 Å². The summed E-state index contributed by atoms with van der Waals surface area (Å²) in [5.74, 6) is 0.441. The molecule has 2 aromatic rings.